The summed E-state index contributed by atoms with van der Waals surface area (Å²) in [6.07, 6.45) is 0.234. The van der Waals surface area contributed by atoms with Gasteiger partial charge in [-0.1, -0.05) is 13.3 Å². The third-order valence-corrected chi connectivity index (χ3v) is 1.73. The zero-order chi connectivity index (χ0) is 12.6. The number of alkyl carbamates (subject to hydrolysis) is 1. The van der Waals surface area contributed by atoms with Crippen LogP contribution < -0.4 is 11.1 Å². The molecule has 0 aliphatic rings. The Morgan fingerprint density at radius 1 is 1.44 bits per heavy atom. The zero-order valence-electron chi connectivity index (χ0n) is 9.06. The summed E-state index contributed by atoms with van der Waals surface area (Å²) in [4.78, 5) is 32.2. The number of carboxylic acids is 1. The lowest BCUT2D eigenvalue weighted by Crippen LogP contribution is -2.43. The molecule has 0 saturated heterocycles. The van der Waals surface area contributed by atoms with Gasteiger partial charge < -0.3 is 20.9 Å². The van der Waals surface area contributed by atoms with E-state index in [0.29, 0.717) is 6.42 Å². The maximum absolute atomic E-state index is 11.1. The van der Waals surface area contributed by atoms with Crippen LogP contribution in [0.1, 0.15) is 26.2 Å². The molecule has 1 atom stereocenters. The fraction of sp³-hybridized carbons (Fsp3) is 0.667. The molecule has 0 bridgehead atoms. The monoisotopic (exact) mass is 232 g/mol. The molecule has 0 spiro atoms. The molecule has 0 unspecified atom stereocenters. The number of aliphatic carboxylic acids is 1. The number of primary amides is 1. The van der Waals surface area contributed by atoms with E-state index < -0.39 is 30.4 Å². The number of carbonyl (C=O) groups is 3. The number of carboxylic acid groups (broad SMARTS) is 1. The fourth-order valence-corrected chi connectivity index (χ4v) is 0.894. The van der Waals surface area contributed by atoms with Crippen LogP contribution in [0, 0.1) is 0 Å². The maximum Gasteiger partial charge on any atom is 0.407 e. The van der Waals surface area contributed by atoms with E-state index in [-0.39, 0.29) is 6.61 Å². The second-order valence-electron chi connectivity index (χ2n) is 3.20. The molecule has 0 aromatic heterocycles. The van der Waals surface area contributed by atoms with Crippen molar-refractivity contribution in [2.45, 2.75) is 32.2 Å². The highest BCUT2D eigenvalue weighted by Gasteiger charge is 2.22. The van der Waals surface area contributed by atoms with Crippen molar-refractivity contribution in [3.8, 4) is 0 Å². The molecule has 0 rings (SSSR count). The quantitative estimate of drug-likeness (QED) is 0.527. The Labute approximate surface area is 92.9 Å². The van der Waals surface area contributed by atoms with Crippen molar-refractivity contribution in [3.05, 3.63) is 0 Å². The van der Waals surface area contributed by atoms with Crippen LogP contribution in [0.25, 0.3) is 0 Å². The fourth-order valence-electron chi connectivity index (χ4n) is 0.894. The van der Waals surface area contributed by atoms with Gasteiger partial charge in [0.05, 0.1) is 13.0 Å². The summed E-state index contributed by atoms with van der Waals surface area (Å²) in [6, 6.07) is -1.34. The summed E-state index contributed by atoms with van der Waals surface area (Å²) < 4.78 is 4.68. The van der Waals surface area contributed by atoms with Crippen LogP contribution in [0.2, 0.25) is 0 Å². The van der Waals surface area contributed by atoms with E-state index in [1.165, 1.54) is 0 Å². The summed E-state index contributed by atoms with van der Waals surface area (Å²) in [5.74, 6) is -2.13. The van der Waals surface area contributed by atoms with Gasteiger partial charge in [-0.15, -0.1) is 0 Å². The van der Waals surface area contributed by atoms with Crippen molar-refractivity contribution < 1.29 is 24.2 Å². The molecule has 7 nitrogen and oxygen atoms in total. The molecule has 0 aromatic rings. The first-order valence-corrected chi connectivity index (χ1v) is 4.91. The molecule has 2 amide bonds. The van der Waals surface area contributed by atoms with Crippen LogP contribution in [0.3, 0.4) is 0 Å². The lowest BCUT2D eigenvalue weighted by molar-refractivity contribution is -0.141. The van der Waals surface area contributed by atoms with Crippen molar-refractivity contribution in [3.63, 3.8) is 0 Å². The summed E-state index contributed by atoms with van der Waals surface area (Å²) in [7, 11) is 0. The van der Waals surface area contributed by atoms with Gasteiger partial charge in [0.15, 0.2) is 0 Å². The summed E-state index contributed by atoms with van der Waals surface area (Å²) >= 11 is 0. The minimum atomic E-state index is -1.34. The zero-order valence-corrected chi connectivity index (χ0v) is 9.06. The molecule has 4 N–H and O–H groups in total. The van der Waals surface area contributed by atoms with Gasteiger partial charge in [-0.2, -0.15) is 0 Å². The van der Waals surface area contributed by atoms with Crippen LogP contribution in [0.15, 0.2) is 0 Å². The molecule has 0 heterocycles. The molecule has 0 saturated carbocycles. The second kappa shape index (κ2) is 7.49. The molecule has 7 heteroatoms. The number of amides is 2. The third kappa shape index (κ3) is 6.63. The van der Waals surface area contributed by atoms with Crippen LogP contribution in [-0.4, -0.2) is 35.7 Å². The smallest absolute Gasteiger partial charge is 0.407 e. The molecule has 0 aliphatic heterocycles. The predicted octanol–water partition coefficient (Wildman–Crippen LogP) is -0.159. The van der Waals surface area contributed by atoms with Crippen molar-refractivity contribution in [2.75, 3.05) is 6.61 Å². The Kier molecular flexibility index (Phi) is 6.66. The number of nitrogens with one attached hydrogen (secondary N) is 1. The van der Waals surface area contributed by atoms with Crippen LogP contribution in [-0.2, 0) is 14.3 Å². The standard InChI is InChI=1S/C9H16N2O5/c1-2-3-4-16-9(15)11-6(8(13)14)5-7(10)12/h6H,2-5H2,1H3,(H2,10,12)(H,11,15)(H,13,14)/t6-/m1/s1. The number of unbranched alkanes of at least 4 members (excludes halogenated alkanes) is 1. The predicted molar refractivity (Wildman–Crippen MR) is 54.6 cm³/mol. The Hall–Kier alpha value is -1.79. The topological polar surface area (TPSA) is 119 Å². The normalized spacial score (nSPS) is 11.6. The average molecular weight is 232 g/mol. The number of hydrogen-bond acceptors (Lipinski definition) is 4. The Morgan fingerprint density at radius 2 is 2.06 bits per heavy atom. The van der Waals surface area contributed by atoms with E-state index in [9.17, 15) is 14.4 Å². The van der Waals surface area contributed by atoms with E-state index in [2.05, 4.69) is 4.74 Å². The van der Waals surface area contributed by atoms with Crippen molar-refractivity contribution in [1.29, 1.82) is 0 Å². The van der Waals surface area contributed by atoms with E-state index in [1.807, 2.05) is 12.2 Å². The molecule has 0 fully saturated rings. The summed E-state index contributed by atoms with van der Waals surface area (Å²) in [5, 5.41) is 10.7. The Balaban J connectivity index is 4.03. The maximum atomic E-state index is 11.1. The molecule has 16 heavy (non-hydrogen) atoms. The molecule has 92 valence electrons. The van der Waals surface area contributed by atoms with Gasteiger partial charge in [0.25, 0.3) is 0 Å². The van der Waals surface area contributed by atoms with Crippen LogP contribution in [0.4, 0.5) is 4.79 Å². The van der Waals surface area contributed by atoms with Crippen molar-refractivity contribution >= 4 is 18.0 Å². The highest BCUT2D eigenvalue weighted by molar-refractivity contribution is 5.86. The lowest BCUT2D eigenvalue weighted by atomic mass is 10.2. The first-order chi connectivity index (χ1) is 7.47. The van der Waals surface area contributed by atoms with Crippen molar-refractivity contribution in [1.82, 2.24) is 5.32 Å². The number of carbonyl (C=O) groups excluding carboxylic acids is 2. The molecular formula is C9H16N2O5. The second-order valence-corrected chi connectivity index (χ2v) is 3.20. The van der Waals surface area contributed by atoms with E-state index in [4.69, 9.17) is 10.8 Å². The van der Waals surface area contributed by atoms with Gasteiger partial charge in [0.2, 0.25) is 5.91 Å². The summed E-state index contributed by atoms with van der Waals surface area (Å²) in [5.41, 5.74) is 4.83. The number of hydrogen-bond donors (Lipinski definition) is 3. The number of nitrogens with two attached hydrogens (primary N) is 1. The highest BCUT2D eigenvalue weighted by Crippen LogP contribution is 1.94. The minimum absolute atomic E-state index is 0.214. The molecular weight excluding hydrogens is 216 g/mol. The minimum Gasteiger partial charge on any atom is -0.480 e. The molecule has 0 radical (unpaired) electrons. The average Bonchev–Trinajstić information content (AvgIpc) is 2.16. The Morgan fingerprint density at radius 3 is 2.50 bits per heavy atom. The van der Waals surface area contributed by atoms with Gasteiger partial charge >= 0.3 is 12.1 Å². The first-order valence-electron chi connectivity index (χ1n) is 4.91. The molecule has 0 aliphatic carbocycles. The lowest BCUT2D eigenvalue weighted by Gasteiger charge is -2.12. The summed E-state index contributed by atoms with van der Waals surface area (Å²) in [6.45, 7) is 2.14. The van der Waals surface area contributed by atoms with Crippen LogP contribution in [0.5, 0.6) is 0 Å². The van der Waals surface area contributed by atoms with Gasteiger partial charge in [0.1, 0.15) is 6.04 Å². The van der Waals surface area contributed by atoms with E-state index in [1.54, 1.807) is 0 Å². The number of rotatable bonds is 7. The van der Waals surface area contributed by atoms with Gasteiger partial charge in [-0.05, 0) is 6.42 Å². The van der Waals surface area contributed by atoms with E-state index in [0.717, 1.165) is 6.42 Å². The van der Waals surface area contributed by atoms with Gasteiger partial charge in [0, 0.05) is 0 Å². The largest absolute Gasteiger partial charge is 0.480 e. The van der Waals surface area contributed by atoms with Gasteiger partial charge in [-0.25, -0.2) is 9.59 Å². The third-order valence-electron chi connectivity index (χ3n) is 1.73. The first kappa shape index (κ1) is 14.2. The molecule has 0 aromatic carbocycles. The Bertz CT molecular complexity index is 267. The van der Waals surface area contributed by atoms with E-state index >= 15 is 0 Å². The van der Waals surface area contributed by atoms with Crippen molar-refractivity contribution in [2.24, 2.45) is 5.73 Å². The van der Waals surface area contributed by atoms with Crippen LogP contribution >= 0.6 is 0 Å². The van der Waals surface area contributed by atoms with Gasteiger partial charge in [-0.3, -0.25) is 4.79 Å². The number of ether oxygens (including phenoxy) is 1. The highest BCUT2D eigenvalue weighted by atomic mass is 16.5. The SMILES string of the molecule is CCCCOC(=O)N[C@H](CC(N)=O)C(=O)O.